The van der Waals surface area contributed by atoms with Crippen LogP contribution in [0.3, 0.4) is 0 Å². The lowest BCUT2D eigenvalue weighted by Crippen LogP contribution is -2.54. The van der Waals surface area contributed by atoms with Crippen LogP contribution in [-0.2, 0) is 9.53 Å². The Bertz CT molecular complexity index is 508. The lowest BCUT2D eigenvalue weighted by Gasteiger charge is -2.38. The zero-order valence-corrected chi connectivity index (χ0v) is 13.9. The molecule has 0 aromatic carbocycles. The summed E-state index contributed by atoms with van der Waals surface area (Å²) in [5, 5.41) is 0. The Labute approximate surface area is 137 Å². The van der Waals surface area contributed by atoms with Crippen molar-refractivity contribution >= 4 is 11.9 Å². The molecular formula is C16H25N5O2. The van der Waals surface area contributed by atoms with Gasteiger partial charge in [-0.15, -0.1) is 0 Å². The van der Waals surface area contributed by atoms with E-state index in [4.69, 9.17) is 4.74 Å². The molecule has 3 rings (SSSR count). The van der Waals surface area contributed by atoms with Crippen LogP contribution in [0, 0.1) is 0 Å². The Morgan fingerprint density at radius 1 is 1.13 bits per heavy atom. The van der Waals surface area contributed by atoms with Crippen LogP contribution in [0.5, 0.6) is 0 Å². The molecule has 2 aliphatic rings. The number of rotatable bonds is 3. The molecule has 2 saturated heterocycles. The van der Waals surface area contributed by atoms with Gasteiger partial charge in [0.15, 0.2) is 0 Å². The zero-order chi connectivity index (χ0) is 16.2. The summed E-state index contributed by atoms with van der Waals surface area (Å²) in [5.41, 5.74) is 0. The van der Waals surface area contributed by atoms with E-state index in [-0.39, 0.29) is 18.1 Å². The van der Waals surface area contributed by atoms with Gasteiger partial charge >= 0.3 is 0 Å². The first-order valence-corrected chi connectivity index (χ1v) is 8.29. The van der Waals surface area contributed by atoms with E-state index in [0.29, 0.717) is 19.6 Å². The molecule has 1 amide bonds. The summed E-state index contributed by atoms with van der Waals surface area (Å²) in [6.45, 7) is 9.35. The Morgan fingerprint density at radius 2 is 1.74 bits per heavy atom. The quantitative estimate of drug-likeness (QED) is 0.795. The normalized spacial score (nSPS) is 26.3. The molecule has 2 atom stereocenters. The van der Waals surface area contributed by atoms with E-state index in [1.807, 2.05) is 24.8 Å². The van der Waals surface area contributed by atoms with E-state index < -0.39 is 0 Å². The van der Waals surface area contributed by atoms with Crippen LogP contribution in [0.2, 0.25) is 0 Å². The van der Waals surface area contributed by atoms with Gasteiger partial charge < -0.3 is 14.5 Å². The number of morpholine rings is 1. The fourth-order valence-corrected chi connectivity index (χ4v) is 3.23. The molecule has 126 valence electrons. The van der Waals surface area contributed by atoms with Crippen LogP contribution in [0.1, 0.15) is 13.8 Å². The van der Waals surface area contributed by atoms with Crippen molar-refractivity contribution in [1.82, 2.24) is 19.8 Å². The molecule has 0 aliphatic carbocycles. The molecule has 7 nitrogen and oxygen atoms in total. The summed E-state index contributed by atoms with van der Waals surface area (Å²) in [5.74, 6) is 0.978. The largest absolute Gasteiger partial charge is 0.372 e. The van der Waals surface area contributed by atoms with Gasteiger partial charge in [-0.05, 0) is 19.9 Å². The maximum atomic E-state index is 12.5. The van der Waals surface area contributed by atoms with Gasteiger partial charge in [0.1, 0.15) is 0 Å². The molecule has 0 bridgehead atoms. The Morgan fingerprint density at radius 3 is 2.35 bits per heavy atom. The molecule has 1 aromatic rings. The third kappa shape index (κ3) is 4.17. The summed E-state index contributed by atoms with van der Waals surface area (Å²) < 4.78 is 5.69. The molecular weight excluding hydrogens is 294 g/mol. The van der Waals surface area contributed by atoms with E-state index in [1.165, 1.54) is 0 Å². The maximum Gasteiger partial charge on any atom is 0.236 e. The monoisotopic (exact) mass is 319 g/mol. The highest BCUT2D eigenvalue weighted by molar-refractivity contribution is 5.78. The highest BCUT2D eigenvalue weighted by Crippen LogP contribution is 2.13. The molecule has 0 saturated carbocycles. The zero-order valence-electron chi connectivity index (χ0n) is 13.9. The molecule has 3 heterocycles. The predicted octanol–water partition coefficient (Wildman–Crippen LogP) is 0.234. The average molecular weight is 319 g/mol. The first-order valence-electron chi connectivity index (χ1n) is 8.29. The van der Waals surface area contributed by atoms with Crippen molar-refractivity contribution in [2.24, 2.45) is 0 Å². The number of carbonyl (C=O) groups excluding carboxylic acids is 1. The number of anilines is 1. The fourth-order valence-electron chi connectivity index (χ4n) is 3.23. The van der Waals surface area contributed by atoms with Crippen LogP contribution in [-0.4, -0.2) is 83.7 Å². The SMILES string of the molecule is CC1CN(C(=O)CN2CCN(c3ncccn3)CC2)CC(C)O1. The Kier molecular flexibility index (Phi) is 5.07. The standard InChI is InChI=1S/C16H25N5O2/c1-13-10-21(11-14(2)23-13)15(22)12-19-6-8-20(9-7-19)16-17-4-3-5-18-16/h3-5,13-14H,6-12H2,1-2H3. The van der Waals surface area contributed by atoms with Crippen LogP contribution >= 0.6 is 0 Å². The molecule has 0 N–H and O–H groups in total. The van der Waals surface area contributed by atoms with Gasteiger partial charge in [0, 0.05) is 51.7 Å². The molecule has 1 aromatic heterocycles. The molecule has 7 heteroatoms. The van der Waals surface area contributed by atoms with Gasteiger partial charge in [0.05, 0.1) is 18.8 Å². The van der Waals surface area contributed by atoms with Crippen molar-refractivity contribution in [1.29, 1.82) is 0 Å². The number of nitrogens with zero attached hydrogens (tertiary/aromatic N) is 5. The summed E-state index contributed by atoms with van der Waals surface area (Å²) in [4.78, 5) is 27.4. The van der Waals surface area contributed by atoms with E-state index in [0.717, 1.165) is 32.1 Å². The van der Waals surface area contributed by atoms with Crippen LogP contribution in [0.25, 0.3) is 0 Å². The number of hydrogen-bond donors (Lipinski definition) is 0. The van der Waals surface area contributed by atoms with Gasteiger partial charge in [-0.1, -0.05) is 0 Å². The molecule has 23 heavy (non-hydrogen) atoms. The van der Waals surface area contributed by atoms with Crippen LogP contribution in [0.15, 0.2) is 18.5 Å². The van der Waals surface area contributed by atoms with Crippen molar-refractivity contribution < 1.29 is 9.53 Å². The van der Waals surface area contributed by atoms with Crippen molar-refractivity contribution in [3.8, 4) is 0 Å². The second-order valence-corrected chi connectivity index (χ2v) is 6.37. The van der Waals surface area contributed by atoms with Crippen molar-refractivity contribution in [3.63, 3.8) is 0 Å². The minimum Gasteiger partial charge on any atom is -0.372 e. The third-order valence-electron chi connectivity index (χ3n) is 4.34. The average Bonchev–Trinajstić information content (AvgIpc) is 2.55. The highest BCUT2D eigenvalue weighted by Gasteiger charge is 2.28. The fraction of sp³-hybridized carbons (Fsp3) is 0.688. The number of piperazine rings is 1. The van der Waals surface area contributed by atoms with E-state index >= 15 is 0 Å². The smallest absolute Gasteiger partial charge is 0.236 e. The summed E-state index contributed by atoms with van der Waals surface area (Å²) in [7, 11) is 0. The number of aromatic nitrogens is 2. The van der Waals surface area contributed by atoms with Gasteiger partial charge in [-0.2, -0.15) is 0 Å². The van der Waals surface area contributed by atoms with Crippen LogP contribution < -0.4 is 4.90 Å². The number of amides is 1. The van der Waals surface area contributed by atoms with E-state index in [2.05, 4.69) is 19.8 Å². The molecule has 0 spiro atoms. The first kappa shape index (κ1) is 16.1. The number of ether oxygens (including phenoxy) is 1. The van der Waals surface area contributed by atoms with Gasteiger partial charge in [-0.3, -0.25) is 9.69 Å². The lowest BCUT2D eigenvalue weighted by molar-refractivity contribution is -0.144. The van der Waals surface area contributed by atoms with Gasteiger partial charge in [0.25, 0.3) is 0 Å². The first-order chi connectivity index (χ1) is 11.1. The topological polar surface area (TPSA) is 61.8 Å². The Balaban J connectivity index is 1.48. The summed E-state index contributed by atoms with van der Waals surface area (Å²) in [6.07, 6.45) is 3.77. The summed E-state index contributed by atoms with van der Waals surface area (Å²) >= 11 is 0. The predicted molar refractivity (Wildman–Crippen MR) is 87.3 cm³/mol. The molecule has 2 aliphatic heterocycles. The van der Waals surface area contributed by atoms with Crippen molar-refractivity contribution in [3.05, 3.63) is 18.5 Å². The minimum atomic E-state index is 0.120. The summed E-state index contributed by atoms with van der Waals surface area (Å²) in [6, 6.07) is 1.82. The third-order valence-corrected chi connectivity index (χ3v) is 4.34. The van der Waals surface area contributed by atoms with Crippen molar-refractivity contribution in [2.75, 3.05) is 50.7 Å². The molecule has 2 unspecified atom stereocenters. The number of hydrogen-bond acceptors (Lipinski definition) is 6. The minimum absolute atomic E-state index is 0.120. The van der Waals surface area contributed by atoms with Crippen LogP contribution in [0.4, 0.5) is 5.95 Å². The van der Waals surface area contributed by atoms with Gasteiger partial charge in [0.2, 0.25) is 11.9 Å². The highest BCUT2D eigenvalue weighted by atomic mass is 16.5. The van der Waals surface area contributed by atoms with E-state index in [9.17, 15) is 4.79 Å². The van der Waals surface area contributed by atoms with Gasteiger partial charge in [-0.25, -0.2) is 9.97 Å². The van der Waals surface area contributed by atoms with Crippen molar-refractivity contribution in [2.45, 2.75) is 26.1 Å². The molecule has 0 radical (unpaired) electrons. The second kappa shape index (κ2) is 7.23. The number of carbonyl (C=O) groups is 1. The van der Waals surface area contributed by atoms with E-state index in [1.54, 1.807) is 12.4 Å². The Hall–Kier alpha value is -1.73. The second-order valence-electron chi connectivity index (χ2n) is 6.37. The maximum absolute atomic E-state index is 12.5. The lowest BCUT2D eigenvalue weighted by atomic mass is 10.2. The molecule has 2 fully saturated rings.